The van der Waals surface area contributed by atoms with Crippen molar-refractivity contribution in [3.63, 3.8) is 0 Å². The Balaban J connectivity index is 0.00000261. The number of benzene rings is 2. The standard InChI is InChI=1S/C21H25FN2O2.ClH/c1-23-13-17-5-4-12-24(14-17)21(25)19-6-2-3-7-20(19)26-15-16-8-10-18(22)11-9-16;/h2-3,6-11,17,23H,4-5,12-15H2,1H3;1H. The molecule has 1 unspecified atom stereocenters. The largest absolute Gasteiger partial charge is 0.488 e. The Morgan fingerprint density at radius 2 is 1.96 bits per heavy atom. The molecule has 0 spiro atoms. The summed E-state index contributed by atoms with van der Waals surface area (Å²) in [5.41, 5.74) is 1.44. The van der Waals surface area contributed by atoms with Crippen molar-refractivity contribution in [3.05, 3.63) is 65.5 Å². The molecule has 0 saturated carbocycles. The third kappa shape index (κ3) is 5.68. The number of rotatable bonds is 6. The SMILES string of the molecule is CNCC1CCCN(C(=O)c2ccccc2OCc2ccc(F)cc2)C1.Cl. The molecule has 1 aliphatic heterocycles. The van der Waals surface area contributed by atoms with E-state index in [1.54, 1.807) is 12.1 Å². The van der Waals surface area contributed by atoms with Gasteiger partial charge in [0, 0.05) is 13.1 Å². The van der Waals surface area contributed by atoms with Gasteiger partial charge in [-0.3, -0.25) is 4.79 Å². The van der Waals surface area contributed by atoms with E-state index in [4.69, 9.17) is 4.74 Å². The number of piperidine rings is 1. The van der Waals surface area contributed by atoms with E-state index in [-0.39, 0.29) is 24.1 Å². The Kier molecular flexibility index (Phi) is 8.07. The van der Waals surface area contributed by atoms with Gasteiger partial charge in [0.1, 0.15) is 18.2 Å². The van der Waals surface area contributed by atoms with E-state index in [0.29, 0.717) is 23.8 Å². The van der Waals surface area contributed by atoms with Gasteiger partial charge in [0.15, 0.2) is 0 Å². The van der Waals surface area contributed by atoms with Crippen molar-refractivity contribution in [1.29, 1.82) is 0 Å². The molecule has 1 saturated heterocycles. The van der Waals surface area contributed by atoms with E-state index in [0.717, 1.165) is 38.0 Å². The van der Waals surface area contributed by atoms with Crippen LogP contribution in [0.15, 0.2) is 48.5 Å². The Labute approximate surface area is 166 Å². The fourth-order valence-corrected chi connectivity index (χ4v) is 3.39. The predicted octanol–water partition coefficient (Wildman–Crippen LogP) is 3.90. The highest BCUT2D eigenvalue weighted by molar-refractivity contribution is 5.97. The molecule has 2 aromatic carbocycles. The lowest BCUT2D eigenvalue weighted by Crippen LogP contribution is -2.42. The molecule has 1 amide bonds. The van der Waals surface area contributed by atoms with Crippen LogP contribution in [0.3, 0.4) is 0 Å². The molecule has 0 aromatic heterocycles. The zero-order valence-corrected chi connectivity index (χ0v) is 16.3. The van der Waals surface area contributed by atoms with Gasteiger partial charge in [0.25, 0.3) is 5.91 Å². The number of likely N-dealkylation sites (tertiary alicyclic amines) is 1. The second-order valence-corrected chi connectivity index (χ2v) is 6.73. The van der Waals surface area contributed by atoms with Gasteiger partial charge in [-0.05, 0) is 62.2 Å². The molecule has 3 rings (SSSR count). The summed E-state index contributed by atoms with van der Waals surface area (Å²) < 4.78 is 18.9. The number of nitrogens with one attached hydrogen (secondary N) is 1. The average Bonchev–Trinajstić information content (AvgIpc) is 2.68. The fraction of sp³-hybridized carbons (Fsp3) is 0.381. The number of halogens is 2. The predicted molar refractivity (Wildman–Crippen MR) is 107 cm³/mol. The minimum absolute atomic E-state index is 0. The van der Waals surface area contributed by atoms with Gasteiger partial charge >= 0.3 is 0 Å². The highest BCUT2D eigenvalue weighted by Crippen LogP contribution is 2.24. The summed E-state index contributed by atoms with van der Waals surface area (Å²) in [5.74, 6) is 0.800. The topological polar surface area (TPSA) is 41.6 Å². The molecular formula is C21H26ClFN2O2. The summed E-state index contributed by atoms with van der Waals surface area (Å²) in [6.07, 6.45) is 2.17. The van der Waals surface area contributed by atoms with Gasteiger partial charge in [0.2, 0.25) is 0 Å². The summed E-state index contributed by atoms with van der Waals surface area (Å²) >= 11 is 0. The maximum Gasteiger partial charge on any atom is 0.257 e. The highest BCUT2D eigenvalue weighted by atomic mass is 35.5. The fourth-order valence-electron chi connectivity index (χ4n) is 3.39. The molecule has 146 valence electrons. The molecule has 27 heavy (non-hydrogen) atoms. The molecule has 2 aromatic rings. The van der Waals surface area contributed by atoms with Crippen LogP contribution in [0, 0.1) is 11.7 Å². The van der Waals surface area contributed by atoms with E-state index >= 15 is 0 Å². The molecule has 0 aliphatic carbocycles. The van der Waals surface area contributed by atoms with E-state index in [1.807, 2.05) is 36.2 Å². The van der Waals surface area contributed by atoms with Crippen LogP contribution in [0.4, 0.5) is 4.39 Å². The van der Waals surface area contributed by atoms with Crippen LogP contribution in [-0.2, 0) is 6.61 Å². The van der Waals surface area contributed by atoms with Crippen LogP contribution in [0.2, 0.25) is 0 Å². The third-order valence-electron chi connectivity index (χ3n) is 4.72. The van der Waals surface area contributed by atoms with Crippen molar-refractivity contribution in [3.8, 4) is 5.75 Å². The van der Waals surface area contributed by atoms with Crippen molar-refractivity contribution in [2.45, 2.75) is 19.4 Å². The number of hydrogen-bond donors (Lipinski definition) is 1. The van der Waals surface area contributed by atoms with Gasteiger partial charge in [-0.25, -0.2) is 4.39 Å². The van der Waals surface area contributed by atoms with Crippen molar-refractivity contribution in [1.82, 2.24) is 10.2 Å². The number of hydrogen-bond acceptors (Lipinski definition) is 3. The third-order valence-corrected chi connectivity index (χ3v) is 4.72. The van der Waals surface area contributed by atoms with E-state index < -0.39 is 0 Å². The normalized spacial score (nSPS) is 16.5. The maximum absolute atomic E-state index is 13.0. The highest BCUT2D eigenvalue weighted by Gasteiger charge is 2.25. The first-order valence-electron chi connectivity index (χ1n) is 9.07. The van der Waals surface area contributed by atoms with E-state index in [9.17, 15) is 9.18 Å². The van der Waals surface area contributed by atoms with Gasteiger partial charge in [-0.1, -0.05) is 24.3 Å². The zero-order chi connectivity index (χ0) is 18.4. The summed E-state index contributed by atoms with van der Waals surface area (Å²) in [6.45, 7) is 2.77. The first-order chi connectivity index (χ1) is 12.7. The quantitative estimate of drug-likeness (QED) is 0.810. The van der Waals surface area contributed by atoms with Crippen molar-refractivity contribution in [2.75, 3.05) is 26.7 Å². The second-order valence-electron chi connectivity index (χ2n) is 6.73. The molecule has 0 bridgehead atoms. The van der Waals surface area contributed by atoms with Gasteiger partial charge in [-0.2, -0.15) is 0 Å². The zero-order valence-electron chi connectivity index (χ0n) is 15.5. The lowest BCUT2D eigenvalue weighted by atomic mass is 9.97. The number of para-hydroxylation sites is 1. The van der Waals surface area contributed by atoms with Crippen LogP contribution >= 0.6 is 12.4 Å². The molecule has 1 aliphatic rings. The second kappa shape index (κ2) is 10.3. The Bertz CT molecular complexity index is 737. The Hall–Kier alpha value is -2.11. The van der Waals surface area contributed by atoms with E-state index in [1.165, 1.54) is 12.1 Å². The van der Waals surface area contributed by atoms with Gasteiger partial charge in [0.05, 0.1) is 5.56 Å². The van der Waals surface area contributed by atoms with Crippen molar-refractivity contribution in [2.24, 2.45) is 5.92 Å². The molecule has 4 nitrogen and oxygen atoms in total. The van der Waals surface area contributed by atoms with Crippen LogP contribution in [0.5, 0.6) is 5.75 Å². The van der Waals surface area contributed by atoms with Crippen LogP contribution < -0.4 is 10.1 Å². The smallest absolute Gasteiger partial charge is 0.257 e. The molecule has 1 N–H and O–H groups in total. The van der Waals surface area contributed by atoms with Crippen LogP contribution in [-0.4, -0.2) is 37.5 Å². The number of carbonyl (C=O) groups is 1. The number of carbonyl (C=O) groups excluding carboxylic acids is 1. The lowest BCUT2D eigenvalue weighted by Gasteiger charge is -2.33. The monoisotopic (exact) mass is 392 g/mol. The molecule has 6 heteroatoms. The number of nitrogens with zero attached hydrogens (tertiary/aromatic N) is 1. The molecule has 1 fully saturated rings. The minimum atomic E-state index is -0.273. The molecule has 1 heterocycles. The first-order valence-corrected chi connectivity index (χ1v) is 9.07. The summed E-state index contributed by atoms with van der Waals surface area (Å²) in [5, 5.41) is 3.20. The van der Waals surface area contributed by atoms with Crippen LogP contribution in [0.1, 0.15) is 28.8 Å². The summed E-state index contributed by atoms with van der Waals surface area (Å²) in [6, 6.07) is 13.5. The van der Waals surface area contributed by atoms with Crippen LogP contribution in [0.25, 0.3) is 0 Å². The van der Waals surface area contributed by atoms with Crippen molar-refractivity contribution >= 4 is 18.3 Å². The number of amides is 1. The van der Waals surface area contributed by atoms with Crippen molar-refractivity contribution < 1.29 is 13.9 Å². The lowest BCUT2D eigenvalue weighted by molar-refractivity contribution is 0.0669. The number of ether oxygens (including phenoxy) is 1. The summed E-state index contributed by atoms with van der Waals surface area (Å²) in [4.78, 5) is 14.9. The Morgan fingerprint density at radius 3 is 2.70 bits per heavy atom. The van der Waals surface area contributed by atoms with Gasteiger partial charge < -0.3 is 15.0 Å². The molecule has 1 atom stereocenters. The minimum Gasteiger partial charge on any atom is -0.488 e. The van der Waals surface area contributed by atoms with Gasteiger partial charge in [-0.15, -0.1) is 12.4 Å². The average molecular weight is 393 g/mol. The molecule has 0 radical (unpaired) electrons. The first kappa shape index (κ1) is 21.2. The summed E-state index contributed by atoms with van der Waals surface area (Å²) in [7, 11) is 1.94. The Morgan fingerprint density at radius 1 is 1.22 bits per heavy atom. The molecular weight excluding hydrogens is 367 g/mol. The van der Waals surface area contributed by atoms with E-state index in [2.05, 4.69) is 5.32 Å². The maximum atomic E-state index is 13.0.